The van der Waals surface area contributed by atoms with Crippen molar-refractivity contribution in [2.45, 2.75) is 32.4 Å². The van der Waals surface area contributed by atoms with Gasteiger partial charge in [-0.3, -0.25) is 10.4 Å². The molecule has 4 N–H and O–H groups in total. The fourth-order valence-electron chi connectivity index (χ4n) is 3.70. The molecular formula is C22H25Cl2N5O2. The summed E-state index contributed by atoms with van der Waals surface area (Å²) in [5.74, 6) is 0.586. The molecule has 0 bridgehead atoms. The molecule has 2 aromatic rings. The van der Waals surface area contributed by atoms with E-state index in [1.807, 2.05) is 13.1 Å². The molecule has 4 rings (SSSR count). The van der Waals surface area contributed by atoms with Crippen LogP contribution in [0.5, 0.6) is 5.75 Å². The Balaban J connectivity index is 1.49. The predicted molar refractivity (Wildman–Crippen MR) is 123 cm³/mol. The van der Waals surface area contributed by atoms with Crippen LogP contribution in [0, 0.1) is 12.3 Å². The number of nitrogen functional groups attached to an aromatic ring is 1. The average Bonchev–Trinajstić information content (AvgIpc) is 3.28. The van der Waals surface area contributed by atoms with Crippen LogP contribution in [0.4, 0.5) is 5.69 Å². The fraction of sp³-hybridized carbons (Fsp3) is 0.364. The summed E-state index contributed by atoms with van der Waals surface area (Å²) in [6, 6.07) is 5.69. The van der Waals surface area contributed by atoms with Crippen molar-refractivity contribution in [3.05, 3.63) is 63.0 Å². The number of nitrogens with two attached hydrogens (primary N) is 1. The van der Waals surface area contributed by atoms with E-state index in [1.165, 1.54) is 0 Å². The van der Waals surface area contributed by atoms with Crippen molar-refractivity contribution in [1.29, 1.82) is 5.41 Å². The number of hydrogen-bond donors (Lipinski definition) is 3. The quantitative estimate of drug-likeness (QED) is 0.442. The minimum Gasteiger partial charge on any atom is -0.489 e. The number of aromatic nitrogens is 1. The van der Waals surface area contributed by atoms with Gasteiger partial charge in [-0.05, 0) is 38.0 Å². The fourth-order valence-corrected chi connectivity index (χ4v) is 4.15. The highest BCUT2D eigenvalue weighted by Gasteiger charge is 2.25. The minimum absolute atomic E-state index is 0.194. The molecule has 1 aromatic carbocycles. The molecule has 1 saturated heterocycles. The average molecular weight is 462 g/mol. The van der Waals surface area contributed by atoms with Crippen LogP contribution in [0.15, 0.2) is 36.2 Å². The SMILES string of the molecule is Cc1ncc(Cl)c(COc2ccc(N)c(C(=N)C3=CN(C4CCOCC4)NC3)c2)c1Cl. The van der Waals surface area contributed by atoms with Gasteiger partial charge in [-0.1, -0.05) is 23.2 Å². The lowest BCUT2D eigenvalue weighted by Crippen LogP contribution is -2.41. The van der Waals surface area contributed by atoms with E-state index >= 15 is 0 Å². The molecule has 2 aliphatic heterocycles. The molecule has 0 unspecified atom stereocenters. The van der Waals surface area contributed by atoms with Gasteiger partial charge in [0.15, 0.2) is 0 Å². The van der Waals surface area contributed by atoms with Crippen molar-refractivity contribution in [3.8, 4) is 5.75 Å². The first kappa shape index (κ1) is 21.9. The molecule has 3 heterocycles. The molecule has 0 radical (unpaired) electrons. The molecule has 2 aliphatic rings. The van der Waals surface area contributed by atoms with Crippen molar-refractivity contribution >= 4 is 34.6 Å². The lowest BCUT2D eigenvalue weighted by atomic mass is 10.0. The van der Waals surface area contributed by atoms with Gasteiger partial charge in [0.2, 0.25) is 0 Å². The molecule has 9 heteroatoms. The molecule has 0 spiro atoms. The standard InChI is InChI=1S/C22H25Cl2N5O2/c1-13-21(24)18(19(23)10-27-13)12-31-16-2-3-20(25)17(8-16)22(26)14-9-28-29(11-14)15-4-6-30-7-5-15/h2-3,8,10-11,15,26,28H,4-7,9,12,25H2,1H3. The van der Waals surface area contributed by atoms with E-state index in [1.54, 1.807) is 24.4 Å². The summed E-state index contributed by atoms with van der Waals surface area (Å²) in [5, 5.41) is 11.8. The largest absolute Gasteiger partial charge is 0.489 e. The molecule has 1 aromatic heterocycles. The van der Waals surface area contributed by atoms with E-state index in [9.17, 15) is 0 Å². The van der Waals surface area contributed by atoms with Crippen LogP contribution in [0.25, 0.3) is 0 Å². The lowest BCUT2D eigenvalue weighted by molar-refractivity contribution is 0.0391. The smallest absolute Gasteiger partial charge is 0.120 e. The molecular weight excluding hydrogens is 437 g/mol. The number of pyridine rings is 1. The Kier molecular flexibility index (Phi) is 6.67. The Labute approximate surface area is 191 Å². The Morgan fingerprint density at radius 1 is 1.35 bits per heavy atom. The van der Waals surface area contributed by atoms with Crippen LogP contribution in [-0.4, -0.2) is 41.5 Å². The number of ether oxygens (including phenoxy) is 2. The summed E-state index contributed by atoms with van der Waals surface area (Å²) in [6.07, 6.45) is 5.50. The Hall–Kier alpha value is -2.32. The van der Waals surface area contributed by atoms with Gasteiger partial charge in [0.05, 0.1) is 21.5 Å². The van der Waals surface area contributed by atoms with Crippen LogP contribution in [0.2, 0.25) is 10.0 Å². The highest BCUT2D eigenvalue weighted by atomic mass is 35.5. The predicted octanol–water partition coefficient (Wildman–Crippen LogP) is 4.11. The summed E-state index contributed by atoms with van der Waals surface area (Å²) >= 11 is 12.6. The zero-order chi connectivity index (χ0) is 22.0. The summed E-state index contributed by atoms with van der Waals surface area (Å²) in [4.78, 5) is 4.14. The van der Waals surface area contributed by atoms with Crippen LogP contribution in [0.1, 0.15) is 29.7 Å². The highest BCUT2D eigenvalue weighted by molar-refractivity contribution is 6.36. The molecule has 31 heavy (non-hydrogen) atoms. The highest BCUT2D eigenvalue weighted by Crippen LogP contribution is 2.29. The summed E-state index contributed by atoms with van der Waals surface area (Å²) < 4.78 is 11.4. The van der Waals surface area contributed by atoms with Crippen molar-refractivity contribution < 1.29 is 9.47 Å². The van der Waals surface area contributed by atoms with Crippen LogP contribution < -0.4 is 15.9 Å². The summed E-state index contributed by atoms with van der Waals surface area (Å²) in [6.45, 7) is 4.13. The van der Waals surface area contributed by atoms with Crippen molar-refractivity contribution in [2.75, 3.05) is 25.5 Å². The second-order valence-electron chi connectivity index (χ2n) is 7.64. The Morgan fingerprint density at radius 3 is 2.90 bits per heavy atom. The number of nitrogens with zero attached hydrogens (tertiary/aromatic N) is 2. The second-order valence-corrected chi connectivity index (χ2v) is 8.42. The first-order valence-electron chi connectivity index (χ1n) is 10.2. The van der Waals surface area contributed by atoms with Crippen molar-refractivity contribution in [3.63, 3.8) is 0 Å². The number of hydrogen-bond acceptors (Lipinski definition) is 7. The molecule has 0 saturated carbocycles. The van der Waals surface area contributed by atoms with Gasteiger partial charge >= 0.3 is 0 Å². The van der Waals surface area contributed by atoms with Gasteiger partial charge in [0.25, 0.3) is 0 Å². The van der Waals surface area contributed by atoms with Crippen LogP contribution in [0.3, 0.4) is 0 Å². The van der Waals surface area contributed by atoms with Crippen LogP contribution in [-0.2, 0) is 11.3 Å². The third-order valence-corrected chi connectivity index (χ3v) is 6.40. The minimum atomic E-state index is 0.194. The number of aryl methyl sites for hydroxylation is 1. The third-order valence-electron chi connectivity index (χ3n) is 5.57. The molecule has 0 amide bonds. The molecule has 7 nitrogen and oxygen atoms in total. The Morgan fingerprint density at radius 2 is 2.13 bits per heavy atom. The maximum atomic E-state index is 8.72. The van der Waals surface area contributed by atoms with E-state index in [2.05, 4.69) is 15.4 Å². The number of benzene rings is 1. The number of anilines is 1. The molecule has 0 atom stereocenters. The molecule has 164 valence electrons. The first-order chi connectivity index (χ1) is 14.9. The van der Waals surface area contributed by atoms with Gasteiger partial charge in [-0.2, -0.15) is 0 Å². The molecule has 1 fully saturated rings. The van der Waals surface area contributed by atoms with Gasteiger partial charge in [-0.15, -0.1) is 0 Å². The topological polar surface area (TPSA) is 96.5 Å². The monoisotopic (exact) mass is 461 g/mol. The third kappa shape index (κ3) is 4.80. The van der Waals surface area contributed by atoms with Crippen LogP contribution >= 0.6 is 23.2 Å². The van der Waals surface area contributed by atoms with E-state index in [0.717, 1.165) is 31.6 Å². The zero-order valence-corrected chi connectivity index (χ0v) is 18.8. The van der Waals surface area contributed by atoms with Gasteiger partial charge in [0, 0.05) is 60.6 Å². The summed E-state index contributed by atoms with van der Waals surface area (Å²) in [5.41, 5.74) is 13.3. The number of nitrogens with one attached hydrogen (secondary N) is 2. The summed E-state index contributed by atoms with van der Waals surface area (Å²) in [7, 11) is 0. The maximum Gasteiger partial charge on any atom is 0.120 e. The number of rotatable bonds is 6. The number of halogens is 2. The maximum absolute atomic E-state index is 8.72. The normalized spacial score (nSPS) is 17.0. The second kappa shape index (κ2) is 9.44. The van der Waals surface area contributed by atoms with E-state index < -0.39 is 0 Å². The molecule has 0 aliphatic carbocycles. The van der Waals surface area contributed by atoms with E-state index in [4.69, 9.17) is 43.8 Å². The lowest BCUT2D eigenvalue weighted by Gasteiger charge is -2.30. The van der Waals surface area contributed by atoms with Gasteiger partial charge in [-0.25, -0.2) is 5.43 Å². The van der Waals surface area contributed by atoms with Crippen molar-refractivity contribution in [1.82, 2.24) is 15.4 Å². The van der Waals surface area contributed by atoms with Crippen molar-refractivity contribution in [2.24, 2.45) is 0 Å². The zero-order valence-electron chi connectivity index (χ0n) is 17.3. The van der Waals surface area contributed by atoms with E-state index in [0.29, 0.717) is 56.6 Å². The van der Waals surface area contributed by atoms with Gasteiger partial charge < -0.3 is 20.2 Å². The first-order valence-corrected chi connectivity index (χ1v) is 10.9. The number of hydrazine groups is 1. The van der Waals surface area contributed by atoms with Gasteiger partial charge in [0.1, 0.15) is 12.4 Å². The van der Waals surface area contributed by atoms with E-state index in [-0.39, 0.29) is 6.61 Å². The Bertz CT molecular complexity index is 1020.